The lowest BCUT2D eigenvalue weighted by molar-refractivity contribution is 0.600. The molecular formula is C3H9NOS. The lowest BCUT2D eigenvalue weighted by atomic mass is 10.8. The molecule has 0 radical (unpaired) electrons. The van der Waals surface area contributed by atoms with Crippen molar-refractivity contribution < 1.29 is 4.55 Å². The monoisotopic (exact) mass is 107 g/mol. The molecule has 0 aliphatic heterocycles. The van der Waals surface area contributed by atoms with Gasteiger partial charge in [0.05, 0.1) is 6.26 Å². The highest BCUT2D eigenvalue weighted by atomic mass is 32.2. The largest absolute Gasteiger partial charge is 0.617 e. The van der Waals surface area contributed by atoms with Crippen LogP contribution >= 0.6 is 0 Å². The first-order chi connectivity index (χ1) is 2.77. The fraction of sp³-hybridized carbons (Fsp3) is 1.00. The summed E-state index contributed by atoms with van der Waals surface area (Å²) in [5.74, 6) is 0.625. The lowest BCUT2D eigenvalue weighted by Crippen LogP contribution is -2.13. The number of hydrogen-bond donors (Lipinski definition) is 1. The van der Waals surface area contributed by atoms with Crippen molar-refractivity contribution in [2.75, 3.05) is 18.6 Å². The predicted molar refractivity (Wildman–Crippen MR) is 28.0 cm³/mol. The van der Waals surface area contributed by atoms with Gasteiger partial charge < -0.3 is 10.3 Å². The quantitative estimate of drug-likeness (QED) is 0.475. The van der Waals surface area contributed by atoms with E-state index in [0.29, 0.717) is 12.3 Å². The Balaban J connectivity index is 2.63. The molecule has 2 N–H and O–H groups in total. The molecular weight excluding hydrogens is 98.1 g/mol. The van der Waals surface area contributed by atoms with E-state index >= 15 is 0 Å². The second-order valence-electron chi connectivity index (χ2n) is 1.07. The van der Waals surface area contributed by atoms with Gasteiger partial charge in [-0.15, -0.1) is 0 Å². The average molecular weight is 107 g/mol. The molecule has 0 fully saturated rings. The van der Waals surface area contributed by atoms with Crippen molar-refractivity contribution in [3.05, 3.63) is 0 Å². The molecule has 0 rings (SSSR count). The van der Waals surface area contributed by atoms with E-state index < -0.39 is 11.2 Å². The second kappa shape index (κ2) is 3.46. The van der Waals surface area contributed by atoms with Gasteiger partial charge in [0.15, 0.2) is 0 Å². The molecule has 1 unspecified atom stereocenters. The Morgan fingerprint density at radius 3 is 2.33 bits per heavy atom. The van der Waals surface area contributed by atoms with Gasteiger partial charge in [-0.25, -0.2) is 0 Å². The van der Waals surface area contributed by atoms with Crippen molar-refractivity contribution in [2.24, 2.45) is 5.73 Å². The van der Waals surface area contributed by atoms with Crippen molar-refractivity contribution in [3.63, 3.8) is 0 Å². The first-order valence-corrected chi connectivity index (χ1v) is 3.50. The number of hydrogen-bond acceptors (Lipinski definition) is 2. The average Bonchev–Trinajstić information content (AvgIpc) is 1.35. The molecule has 0 aromatic rings. The van der Waals surface area contributed by atoms with E-state index in [0.717, 1.165) is 0 Å². The van der Waals surface area contributed by atoms with E-state index in [-0.39, 0.29) is 0 Å². The molecule has 0 saturated carbocycles. The van der Waals surface area contributed by atoms with E-state index in [9.17, 15) is 4.55 Å². The SMILES string of the molecule is C[S+]([O-])CCN. The molecule has 0 heterocycles. The van der Waals surface area contributed by atoms with Crippen molar-refractivity contribution in [2.45, 2.75) is 0 Å². The molecule has 0 aromatic carbocycles. The summed E-state index contributed by atoms with van der Waals surface area (Å²) < 4.78 is 10.1. The van der Waals surface area contributed by atoms with Crippen LogP contribution in [0.4, 0.5) is 0 Å². The molecule has 1 atom stereocenters. The van der Waals surface area contributed by atoms with Gasteiger partial charge in [0.1, 0.15) is 5.75 Å². The van der Waals surface area contributed by atoms with Crippen molar-refractivity contribution in [1.29, 1.82) is 0 Å². The smallest absolute Gasteiger partial charge is 0.117 e. The molecule has 2 nitrogen and oxygen atoms in total. The Morgan fingerprint density at radius 2 is 2.33 bits per heavy atom. The van der Waals surface area contributed by atoms with Crippen LogP contribution in [0.25, 0.3) is 0 Å². The minimum absolute atomic E-state index is 0.531. The van der Waals surface area contributed by atoms with Gasteiger partial charge in [0, 0.05) is 6.54 Å². The summed E-state index contributed by atoms with van der Waals surface area (Å²) >= 11 is -0.691. The topological polar surface area (TPSA) is 49.1 Å². The summed E-state index contributed by atoms with van der Waals surface area (Å²) in [7, 11) is 0. The summed E-state index contributed by atoms with van der Waals surface area (Å²) in [6.45, 7) is 0.531. The van der Waals surface area contributed by atoms with Crippen LogP contribution in [0.5, 0.6) is 0 Å². The Bertz CT molecular complexity index is 32.0. The molecule has 0 bridgehead atoms. The number of nitrogens with two attached hydrogens (primary N) is 1. The third-order valence-electron chi connectivity index (χ3n) is 0.405. The molecule has 6 heavy (non-hydrogen) atoms. The molecule has 0 aliphatic carbocycles. The molecule has 38 valence electrons. The summed E-state index contributed by atoms with van der Waals surface area (Å²) in [5, 5.41) is 0. The minimum atomic E-state index is -0.691. The van der Waals surface area contributed by atoms with Gasteiger partial charge in [0.25, 0.3) is 0 Å². The predicted octanol–water partition coefficient (Wildman–Crippen LogP) is -0.676. The highest BCUT2D eigenvalue weighted by molar-refractivity contribution is 7.90. The normalized spacial score (nSPS) is 14.5. The van der Waals surface area contributed by atoms with E-state index in [1.807, 2.05) is 0 Å². The van der Waals surface area contributed by atoms with E-state index in [4.69, 9.17) is 5.73 Å². The third-order valence-corrected chi connectivity index (χ3v) is 1.22. The highest BCUT2D eigenvalue weighted by Gasteiger charge is 1.88. The first-order valence-electron chi connectivity index (χ1n) is 1.77. The van der Waals surface area contributed by atoms with E-state index in [1.54, 1.807) is 6.26 Å². The molecule has 3 heteroatoms. The molecule has 0 spiro atoms. The van der Waals surface area contributed by atoms with Crippen LogP contribution in [0.1, 0.15) is 0 Å². The van der Waals surface area contributed by atoms with Gasteiger partial charge in [-0.2, -0.15) is 0 Å². The summed E-state index contributed by atoms with van der Waals surface area (Å²) in [4.78, 5) is 0. The summed E-state index contributed by atoms with van der Waals surface area (Å²) in [6.07, 6.45) is 1.65. The molecule has 0 aliphatic rings. The zero-order valence-electron chi connectivity index (χ0n) is 3.81. The van der Waals surface area contributed by atoms with Gasteiger partial charge in [-0.1, -0.05) is 11.2 Å². The maximum Gasteiger partial charge on any atom is 0.117 e. The summed E-state index contributed by atoms with van der Waals surface area (Å²) in [6, 6.07) is 0. The molecule has 0 saturated heterocycles. The van der Waals surface area contributed by atoms with E-state index in [1.165, 1.54) is 0 Å². The van der Waals surface area contributed by atoms with E-state index in [2.05, 4.69) is 0 Å². The van der Waals surface area contributed by atoms with Crippen LogP contribution in [-0.2, 0) is 11.2 Å². The third kappa shape index (κ3) is 4.27. The van der Waals surface area contributed by atoms with Gasteiger partial charge in [-0.05, 0) is 0 Å². The van der Waals surface area contributed by atoms with Crippen LogP contribution in [0.3, 0.4) is 0 Å². The van der Waals surface area contributed by atoms with Crippen molar-refractivity contribution >= 4 is 11.2 Å². The Labute approximate surface area is 40.9 Å². The van der Waals surface area contributed by atoms with Crippen LogP contribution < -0.4 is 5.73 Å². The maximum absolute atomic E-state index is 10.1. The van der Waals surface area contributed by atoms with Crippen LogP contribution in [0, 0.1) is 0 Å². The van der Waals surface area contributed by atoms with Crippen LogP contribution in [0.2, 0.25) is 0 Å². The zero-order chi connectivity index (χ0) is 4.99. The maximum atomic E-state index is 10.1. The summed E-state index contributed by atoms with van der Waals surface area (Å²) in [5.41, 5.74) is 5.04. The first kappa shape index (κ1) is 6.27. The second-order valence-corrected chi connectivity index (χ2v) is 2.62. The van der Waals surface area contributed by atoms with Crippen molar-refractivity contribution in [1.82, 2.24) is 0 Å². The zero-order valence-corrected chi connectivity index (χ0v) is 4.62. The molecule has 0 amide bonds. The minimum Gasteiger partial charge on any atom is -0.617 e. The van der Waals surface area contributed by atoms with Gasteiger partial charge in [0.2, 0.25) is 0 Å². The molecule has 0 aromatic heterocycles. The van der Waals surface area contributed by atoms with Crippen LogP contribution in [0.15, 0.2) is 0 Å². The van der Waals surface area contributed by atoms with Gasteiger partial charge >= 0.3 is 0 Å². The van der Waals surface area contributed by atoms with Crippen molar-refractivity contribution in [3.8, 4) is 0 Å². The highest BCUT2D eigenvalue weighted by Crippen LogP contribution is 1.75. The lowest BCUT2D eigenvalue weighted by Gasteiger charge is -1.98. The van der Waals surface area contributed by atoms with Crippen LogP contribution in [-0.4, -0.2) is 23.1 Å². The number of rotatable bonds is 2. The fourth-order valence-corrected chi connectivity index (χ4v) is 0.498. The fourth-order valence-electron chi connectivity index (χ4n) is 0.166. The Morgan fingerprint density at radius 1 is 1.83 bits per heavy atom. The Kier molecular flexibility index (Phi) is 3.62. The Hall–Kier alpha value is 0.270. The van der Waals surface area contributed by atoms with Gasteiger partial charge in [-0.3, -0.25) is 0 Å². The standard InChI is InChI=1S/C3H9NOS/c1-6(5)3-2-4/h2-4H2,1H3.